The van der Waals surface area contributed by atoms with Crippen LogP contribution in [0.25, 0.3) is 10.9 Å². The predicted molar refractivity (Wildman–Crippen MR) is 77.3 cm³/mol. The molecule has 3 aromatic rings. The summed E-state index contributed by atoms with van der Waals surface area (Å²) in [5, 5.41) is 15.7. The molecule has 6 nitrogen and oxygen atoms in total. The molecule has 1 heterocycles. The molecule has 0 saturated heterocycles. The molecule has 0 bridgehead atoms. The van der Waals surface area contributed by atoms with Crippen molar-refractivity contribution in [2.45, 2.75) is 6.54 Å². The summed E-state index contributed by atoms with van der Waals surface area (Å²) in [7, 11) is 0. The molecule has 3 rings (SSSR count). The van der Waals surface area contributed by atoms with E-state index >= 15 is 0 Å². The number of hydrogen-bond acceptors (Lipinski definition) is 4. The van der Waals surface area contributed by atoms with Gasteiger partial charge in [-0.3, -0.25) is 19.6 Å². The lowest BCUT2D eigenvalue weighted by Crippen LogP contribution is -2.02. The van der Waals surface area contributed by atoms with Crippen molar-refractivity contribution in [1.82, 2.24) is 9.78 Å². The second-order valence-corrected chi connectivity index (χ2v) is 4.60. The number of carbonyl (C=O) groups excluding carboxylic acids is 1. The summed E-state index contributed by atoms with van der Waals surface area (Å²) >= 11 is 0. The lowest BCUT2D eigenvalue weighted by Gasteiger charge is -2.03. The van der Waals surface area contributed by atoms with E-state index in [1.165, 1.54) is 12.1 Å². The van der Waals surface area contributed by atoms with Crippen molar-refractivity contribution in [1.29, 1.82) is 0 Å². The van der Waals surface area contributed by atoms with Crippen LogP contribution in [0, 0.1) is 10.1 Å². The first-order valence-corrected chi connectivity index (χ1v) is 6.33. The first kappa shape index (κ1) is 13.0. The lowest BCUT2D eigenvalue weighted by molar-refractivity contribution is -0.384. The Balaban J connectivity index is 2.14. The minimum atomic E-state index is -0.458. The van der Waals surface area contributed by atoms with Gasteiger partial charge >= 0.3 is 0 Å². The zero-order chi connectivity index (χ0) is 14.8. The normalized spacial score (nSPS) is 10.7. The summed E-state index contributed by atoms with van der Waals surface area (Å²) in [6, 6.07) is 14.0. The second-order valence-electron chi connectivity index (χ2n) is 4.60. The van der Waals surface area contributed by atoms with Crippen molar-refractivity contribution in [3.8, 4) is 0 Å². The molecule has 104 valence electrons. The molecule has 1 aromatic heterocycles. The van der Waals surface area contributed by atoms with Gasteiger partial charge < -0.3 is 0 Å². The molecule has 0 unspecified atom stereocenters. The van der Waals surface area contributed by atoms with Crippen LogP contribution >= 0.6 is 0 Å². The monoisotopic (exact) mass is 281 g/mol. The van der Waals surface area contributed by atoms with Gasteiger partial charge in [-0.1, -0.05) is 30.3 Å². The lowest BCUT2D eigenvalue weighted by atomic mass is 10.2. The number of rotatable bonds is 4. The summed E-state index contributed by atoms with van der Waals surface area (Å²) in [5.74, 6) is 0. The third-order valence-corrected chi connectivity index (χ3v) is 3.26. The van der Waals surface area contributed by atoms with Crippen molar-refractivity contribution >= 4 is 22.9 Å². The number of fused-ring (bicyclic) bond motifs is 1. The van der Waals surface area contributed by atoms with Crippen molar-refractivity contribution in [2.75, 3.05) is 0 Å². The van der Waals surface area contributed by atoms with Crippen LogP contribution in [0.15, 0.2) is 48.5 Å². The fourth-order valence-corrected chi connectivity index (χ4v) is 2.27. The standard InChI is InChI=1S/C15H11N3O3/c19-10-14-13-7-6-12(18(20)21)8-15(13)17(16-14)9-11-4-2-1-3-5-11/h1-8,10H,9H2. The maximum absolute atomic E-state index is 11.1. The van der Waals surface area contributed by atoms with Crippen LogP contribution in [-0.4, -0.2) is 21.0 Å². The first-order valence-electron chi connectivity index (χ1n) is 6.33. The van der Waals surface area contributed by atoms with Crippen LogP contribution < -0.4 is 0 Å². The molecule has 6 heteroatoms. The van der Waals surface area contributed by atoms with Crippen LogP contribution in [0.4, 0.5) is 5.69 Å². The van der Waals surface area contributed by atoms with E-state index in [1.54, 1.807) is 10.7 Å². The van der Waals surface area contributed by atoms with Crippen molar-refractivity contribution in [3.05, 3.63) is 69.9 Å². The average molecular weight is 281 g/mol. The van der Waals surface area contributed by atoms with E-state index < -0.39 is 4.92 Å². The van der Waals surface area contributed by atoms with Gasteiger partial charge in [0.1, 0.15) is 5.69 Å². The molecule has 0 radical (unpaired) electrons. The third-order valence-electron chi connectivity index (χ3n) is 3.26. The SMILES string of the molecule is O=Cc1nn(Cc2ccccc2)c2cc([N+](=O)[O-])ccc12. The smallest absolute Gasteiger partial charge is 0.271 e. The minimum Gasteiger partial charge on any atom is -0.296 e. The van der Waals surface area contributed by atoms with Gasteiger partial charge in [-0.2, -0.15) is 5.10 Å². The Morgan fingerprint density at radius 2 is 1.95 bits per heavy atom. The Hall–Kier alpha value is -3.02. The third kappa shape index (κ3) is 2.38. The Labute approximate surface area is 119 Å². The summed E-state index contributed by atoms with van der Waals surface area (Å²) in [6.07, 6.45) is 0.662. The number of hydrogen-bond donors (Lipinski definition) is 0. The minimum absolute atomic E-state index is 0.0193. The van der Waals surface area contributed by atoms with Crippen LogP contribution in [0.2, 0.25) is 0 Å². The van der Waals surface area contributed by atoms with E-state index in [9.17, 15) is 14.9 Å². The fourth-order valence-electron chi connectivity index (χ4n) is 2.27. The van der Waals surface area contributed by atoms with Gasteiger partial charge in [-0.05, 0) is 11.6 Å². The summed E-state index contributed by atoms with van der Waals surface area (Å²) in [4.78, 5) is 21.5. The summed E-state index contributed by atoms with van der Waals surface area (Å²) in [5.41, 5.74) is 1.85. The molecule has 0 aliphatic rings. The van der Waals surface area contributed by atoms with Gasteiger partial charge in [-0.25, -0.2) is 0 Å². The predicted octanol–water partition coefficient (Wildman–Crippen LogP) is 2.81. The quantitative estimate of drug-likeness (QED) is 0.418. The number of nitrogens with zero attached hydrogens (tertiary/aromatic N) is 3. The van der Waals surface area contributed by atoms with Crippen LogP contribution in [0.3, 0.4) is 0 Å². The Kier molecular flexibility index (Phi) is 3.19. The highest BCUT2D eigenvalue weighted by Gasteiger charge is 2.14. The molecule has 0 aliphatic carbocycles. The van der Waals surface area contributed by atoms with E-state index in [0.717, 1.165) is 5.56 Å². The van der Waals surface area contributed by atoms with Gasteiger partial charge in [0.15, 0.2) is 6.29 Å². The van der Waals surface area contributed by atoms with Gasteiger partial charge in [0.2, 0.25) is 0 Å². The number of non-ortho nitro benzene ring substituents is 1. The molecular formula is C15H11N3O3. The van der Waals surface area contributed by atoms with Gasteiger partial charge in [0, 0.05) is 17.5 Å². The van der Waals surface area contributed by atoms with Gasteiger partial charge in [0.05, 0.1) is 17.0 Å². The highest BCUT2D eigenvalue weighted by molar-refractivity contribution is 5.96. The molecule has 0 atom stereocenters. The zero-order valence-corrected chi connectivity index (χ0v) is 11.0. The van der Waals surface area contributed by atoms with Crippen molar-refractivity contribution in [3.63, 3.8) is 0 Å². The topological polar surface area (TPSA) is 78.0 Å². The number of benzene rings is 2. The van der Waals surface area contributed by atoms with Crippen LogP contribution in [-0.2, 0) is 6.54 Å². The van der Waals surface area contributed by atoms with Crippen LogP contribution in [0.1, 0.15) is 16.1 Å². The molecule has 0 aliphatic heterocycles. The Morgan fingerprint density at radius 1 is 1.19 bits per heavy atom. The zero-order valence-electron chi connectivity index (χ0n) is 11.0. The molecule has 0 spiro atoms. The molecule has 0 N–H and O–H groups in total. The number of nitro benzene ring substituents is 1. The first-order chi connectivity index (χ1) is 10.2. The summed E-state index contributed by atoms with van der Waals surface area (Å²) in [6.45, 7) is 0.451. The van der Waals surface area contributed by atoms with E-state index in [0.29, 0.717) is 23.7 Å². The molecule has 0 amide bonds. The number of nitro groups is 1. The molecule has 0 fully saturated rings. The van der Waals surface area contributed by atoms with E-state index in [4.69, 9.17) is 0 Å². The number of carbonyl (C=O) groups is 1. The fraction of sp³-hybridized carbons (Fsp3) is 0.0667. The maximum Gasteiger partial charge on any atom is 0.271 e. The maximum atomic E-state index is 11.1. The summed E-state index contributed by atoms with van der Waals surface area (Å²) < 4.78 is 1.61. The van der Waals surface area contributed by atoms with Gasteiger partial charge in [0.25, 0.3) is 5.69 Å². The Morgan fingerprint density at radius 3 is 2.62 bits per heavy atom. The molecule has 0 saturated carbocycles. The van der Waals surface area contributed by atoms with E-state index in [-0.39, 0.29) is 11.4 Å². The van der Waals surface area contributed by atoms with E-state index in [2.05, 4.69) is 5.10 Å². The highest BCUT2D eigenvalue weighted by Crippen LogP contribution is 2.23. The van der Waals surface area contributed by atoms with Crippen LogP contribution in [0.5, 0.6) is 0 Å². The van der Waals surface area contributed by atoms with Crippen molar-refractivity contribution in [2.24, 2.45) is 0 Å². The number of aldehydes is 1. The second kappa shape index (κ2) is 5.16. The average Bonchev–Trinajstić information content (AvgIpc) is 2.85. The van der Waals surface area contributed by atoms with Gasteiger partial charge in [-0.15, -0.1) is 0 Å². The molecule has 21 heavy (non-hydrogen) atoms. The highest BCUT2D eigenvalue weighted by atomic mass is 16.6. The largest absolute Gasteiger partial charge is 0.296 e. The van der Waals surface area contributed by atoms with E-state index in [1.807, 2.05) is 30.3 Å². The van der Waals surface area contributed by atoms with Crippen molar-refractivity contribution < 1.29 is 9.72 Å². The number of aromatic nitrogens is 2. The molecule has 2 aromatic carbocycles. The Bertz CT molecular complexity index is 825. The molecular weight excluding hydrogens is 270 g/mol.